The van der Waals surface area contributed by atoms with Crippen molar-refractivity contribution in [1.82, 2.24) is 47.9 Å². The van der Waals surface area contributed by atoms with Crippen LogP contribution in [0.2, 0.25) is 0 Å². The molecular weight excluding hydrogens is 907 g/mol. The lowest BCUT2D eigenvalue weighted by molar-refractivity contribution is -0.143. The summed E-state index contributed by atoms with van der Waals surface area (Å²) in [5, 5.41) is 51.4. The quantitative estimate of drug-likeness (QED) is 0.0299. The molecule has 16 N–H and O–H groups in total. The first-order valence-electron chi connectivity index (χ1n) is 23.2. The Labute approximate surface area is 403 Å². The second-order valence-corrected chi connectivity index (χ2v) is 19.1. The van der Waals surface area contributed by atoms with Crippen LogP contribution < -0.4 is 59.3 Å². The molecule has 0 rings (SSSR count). The van der Waals surface area contributed by atoms with Crippen molar-refractivity contribution < 1.29 is 68.1 Å². The van der Waals surface area contributed by atoms with Crippen molar-refractivity contribution >= 4 is 65.0 Å². The highest BCUT2D eigenvalue weighted by atomic mass is 16.4. The largest absolute Gasteiger partial charge is 0.480 e. The molecule has 0 aromatic carbocycles. The fraction of sp³-hybridized carbons (Fsp3) is 0.750. The van der Waals surface area contributed by atoms with Gasteiger partial charge in [-0.25, -0.2) is 4.79 Å². The van der Waals surface area contributed by atoms with Crippen molar-refractivity contribution in [2.75, 3.05) is 26.3 Å². The van der Waals surface area contributed by atoms with E-state index in [0.717, 1.165) is 0 Å². The lowest BCUT2D eigenvalue weighted by Crippen LogP contribution is -2.61. The van der Waals surface area contributed by atoms with E-state index in [1.807, 2.05) is 13.8 Å². The van der Waals surface area contributed by atoms with Gasteiger partial charge in [0, 0.05) is 0 Å². The maximum absolute atomic E-state index is 13.5. The molecule has 10 amide bonds. The van der Waals surface area contributed by atoms with Crippen molar-refractivity contribution in [2.45, 2.75) is 156 Å². The number of carbonyl (C=O) groups is 11. The van der Waals surface area contributed by atoms with Crippen LogP contribution in [-0.2, 0) is 52.7 Å². The molecule has 0 saturated carbocycles. The SMILES string of the molecule is CC(C)CC(NC(=O)C(CC(N)=O)NC(=O)C(CC(C)C)NC(=O)CNC(=O)C(CC(C)C)NC(=O)C(CO)NC(=O)C(CO)NC(=O)C(CC(C)C)NC(=O)C(CC(C)C)NC(=O)CN)C(=O)O. The molecule has 0 saturated heterocycles. The van der Waals surface area contributed by atoms with Gasteiger partial charge in [-0.1, -0.05) is 69.2 Å². The van der Waals surface area contributed by atoms with Crippen molar-refractivity contribution in [3.8, 4) is 0 Å². The van der Waals surface area contributed by atoms with Gasteiger partial charge in [-0.05, 0) is 61.7 Å². The molecule has 0 aliphatic carbocycles. The number of aliphatic hydroxyl groups is 2. The Balaban J connectivity index is 5.99. The molecule has 0 radical (unpaired) electrons. The van der Waals surface area contributed by atoms with E-state index >= 15 is 0 Å². The fourth-order valence-electron chi connectivity index (χ4n) is 6.73. The smallest absolute Gasteiger partial charge is 0.326 e. The van der Waals surface area contributed by atoms with Gasteiger partial charge in [0.05, 0.1) is 32.7 Å². The summed E-state index contributed by atoms with van der Waals surface area (Å²) in [5.74, 6) is -11.0. The number of hydrogen-bond acceptors (Lipinski definition) is 14. The monoisotopic (exact) mass is 986 g/mol. The summed E-state index contributed by atoms with van der Waals surface area (Å²) in [6.07, 6.45) is -0.312. The first-order chi connectivity index (χ1) is 32.0. The summed E-state index contributed by atoms with van der Waals surface area (Å²) in [5.41, 5.74) is 10.7. The second-order valence-electron chi connectivity index (χ2n) is 19.1. The van der Waals surface area contributed by atoms with E-state index < -0.39 is 140 Å². The van der Waals surface area contributed by atoms with Crippen LogP contribution in [0, 0.1) is 29.6 Å². The van der Waals surface area contributed by atoms with Crippen LogP contribution in [-0.4, -0.2) is 155 Å². The summed E-state index contributed by atoms with van der Waals surface area (Å²) in [6, 6.07) is -11.2. The Morgan fingerprint density at radius 2 is 0.667 bits per heavy atom. The van der Waals surface area contributed by atoms with E-state index in [2.05, 4.69) is 47.9 Å². The predicted molar refractivity (Wildman–Crippen MR) is 250 cm³/mol. The third kappa shape index (κ3) is 25.8. The third-order valence-corrected chi connectivity index (χ3v) is 10.00. The van der Waals surface area contributed by atoms with Crippen LogP contribution in [0.1, 0.15) is 108 Å². The van der Waals surface area contributed by atoms with Gasteiger partial charge >= 0.3 is 5.97 Å². The highest BCUT2D eigenvalue weighted by Crippen LogP contribution is 2.12. The number of nitrogens with two attached hydrogens (primary N) is 2. The number of hydrogen-bond donors (Lipinski definition) is 14. The lowest BCUT2D eigenvalue weighted by Gasteiger charge is -2.27. The minimum absolute atomic E-state index is 0.000895. The van der Waals surface area contributed by atoms with Gasteiger partial charge in [0.2, 0.25) is 59.1 Å². The Hall–Kier alpha value is -5.95. The van der Waals surface area contributed by atoms with Crippen molar-refractivity contribution in [3.63, 3.8) is 0 Å². The minimum atomic E-state index is -1.72. The van der Waals surface area contributed by atoms with Gasteiger partial charge in [0.1, 0.15) is 48.3 Å². The summed E-state index contributed by atoms with van der Waals surface area (Å²) in [7, 11) is 0. The first-order valence-corrected chi connectivity index (χ1v) is 23.2. The fourth-order valence-corrected chi connectivity index (χ4v) is 6.73. The normalized spacial score (nSPS) is 14.8. The molecule has 25 heteroatoms. The van der Waals surface area contributed by atoms with Crippen LogP contribution in [0.5, 0.6) is 0 Å². The molecule has 0 heterocycles. The molecule has 8 unspecified atom stereocenters. The molecule has 8 atom stereocenters. The van der Waals surface area contributed by atoms with E-state index in [0.29, 0.717) is 0 Å². The number of primary amides is 1. The van der Waals surface area contributed by atoms with E-state index in [-0.39, 0.29) is 68.2 Å². The molecule has 0 fully saturated rings. The molecule has 0 aromatic heterocycles. The Morgan fingerprint density at radius 1 is 0.391 bits per heavy atom. The van der Waals surface area contributed by atoms with E-state index in [4.69, 9.17) is 11.5 Å². The van der Waals surface area contributed by atoms with E-state index in [1.54, 1.807) is 55.4 Å². The maximum Gasteiger partial charge on any atom is 0.326 e. The molecule has 0 bridgehead atoms. The molecule has 0 aromatic rings. The number of nitrogens with one attached hydrogen (secondary N) is 9. The zero-order valence-corrected chi connectivity index (χ0v) is 41.6. The van der Waals surface area contributed by atoms with Crippen LogP contribution in [0.15, 0.2) is 0 Å². The van der Waals surface area contributed by atoms with Gasteiger partial charge in [0.15, 0.2) is 0 Å². The summed E-state index contributed by atoms with van der Waals surface area (Å²) >= 11 is 0. The van der Waals surface area contributed by atoms with E-state index in [9.17, 15) is 68.1 Å². The maximum atomic E-state index is 13.5. The highest BCUT2D eigenvalue weighted by molar-refractivity contribution is 5.98. The molecule has 25 nitrogen and oxygen atoms in total. The average Bonchev–Trinajstić information content (AvgIpc) is 3.23. The van der Waals surface area contributed by atoms with Gasteiger partial charge < -0.3 is 74.6 Å². The van der Waals surface area contributed by atoms with Crippen molar-refractivity contribution in [3.05, 3.63) is 0 Å². The molecule has 0 aliphatic heterocycles. The van der Waals surface area contributed by atoms with Crippen LogP contribution >= 0.6 is 0 Å². The van der Waals surface area contributed by atoms with E-state index in [1.165, 1.54) is 0 Å². The Bertz CT molecular complexity index is 1760. The first kappa shape index (κ1) is 63.0. The molecule has 394 valence electrons. The highest BCUT2D eigenvalue weighted by Gasteiger charge is 2.34. The summed E-state index contributed by atoms with van der Waals surface area (Å²) in [4.78, 5) is 142. The number of carboxylic acid groups (broad SMARTS) is 1. The van der Waals surface area contributed by atoms with Crippen LogP contribution in [0.25, 0.3) is 0 Å². The summed E-state index contributed by atoms with van der Waals surface area (Å²) < 4.78 is 0. The molecular formula is C44H79N11O14. The standard InChI is InChI=1S/C44H79N11O14/c1-21(2)11-26(37(61)47-18-36(60)49-28(13-23(5)6)39(63)52-30(16-34(46)58)41(65)53-31(44(68)69)15-25(9)10)50-42(66)32(19-56)55-43(67)33(20-57)54-40(64)29(14-24(7)8)51-38(62)27(12-22(3)4)48-35(59)17-45/h21-33,56-57H,11-20,45H2,1-10H3,(H2,46,58)(H,47,61)(H,48,59)(H,49,60)(H,50,66)(H,51,62)(H,52,63)(H,53,65)(H,54,64)(H,55,67)(H,68,69). The van der Waals surface area contributed by atoms with Gasteiger partial charge in [-0.3, -0.25) is 47.9 Å². The zero-order chi connectivity index (χ0) is 53.3. The van der Waals surface area contributed by atoms with Crippen LogP contribution in [0.4, 0.5) is 0 Å². The number of amides is 10. The Kier molecular flexibility index (Phi) is 29.2. The number of rotatable bonds is 33. The number of carbonyl (C=O) groups excluding carboxylic acids is 10. The number of carboxylic acids is 1. The van der Waals surface area contributed by atoms with Gasteiger partial charge in [-0.2, -0.15) is 0 Å². The van der Waals surface area contributed by atoms with Gasteiger partial charge in [-0.15, -0.1) is 0 Å². The van der Waals surface area contributed by atoms with Crippen molar-refractivity contribution in [2.24, 2.45) is 41.1 Å². The molecule has 69 heavy (non-hydrogen) atoms. The summed E-state index contributed by atoms with van der Waals surface area (Å²) in [6.45, 7) is 14.5. The Morgan fingerprint density at radius 3 is 1.00 bits per heavy atom. The molecule has 0 aliphatic rings. The average molecular weight is 986 g/mol. The van der Waals surface area contributed by atoms with Crippen molar-refractivity contribution in [1.29, 1.82) is 0 Å². The third-order valence-electron chi connectivity index (χ3n) is 10.00. The van der Waals surface area contributed by atoms with Gasteiger partial charge in [0.25, 0.3) is 0 Å². The molecule has 0 spiro atoms. The predicted octanol–water partition coefficient (Wildman–Crippen LogP) is -3.89. The number of aliphatic carboxylic acids is 1. The minimum Gasteiger partial charge on any atom is -0.480 e. The zero-order valence-electron chi connectivity index (χ0n) is 41.6. The lowest BCUT2D eigenvalue weighted by atomic mass is 10.00. The second kappa shape index (κ2) is 32.0. The topological polar surface area (TPSA) is 409 Å². The van der Waals surface area contributed by atoms with Crippen LogP contribution in [0.3, 0.4) is 0 Å². The number of aliphatic hydroxyl groups excluding tert-OH is 2.